The van der Waals surface area contributed by atoms with Gasteiger partial charge < -0.3 is 5.32 Å². The van der Waals surface area contributed by atoms with Crippen molar-refractivity contribution in [2.75, 3.05) is 7.05 Å². The third-order valence-electron chi connectivity index (χ3n) is 2.83. The summed E-state index contributed by atoms with van der Waals surface area (Å²) in [7, 11) is 1.79. The summed E-state index contributed by atoms with van der Waals surface area (Å²) in [6.45, 7) is 4.08. The van der Waals surface area contributed by atoms with Gasteiger partial charge in [0.15, 0.2) is 0 Å². The average molecular weight is 248 g/mol. The molecule has 96 valence electrons. The monoisotopic (exact) mass is 248 g/mol. The van der Waals surface area contributed by atoms with Crippen molar-refractivity contribution < 1.29 is 4.39 Å². The van der Waals surface area contributed by atoms with E-state index in [0.717, 1.165) is 5.69 Å². The van der Waals surface area contributed by atoms with E-state index in [0.29, 0.717) is 5.69 Å². The molecular weight excluding hydrogens is 231 g/mol. The van der Waals surface area contributed by atoms with Crippen molar-refractivity contribution in [1.82, 2.24) is 20.1 Å². The van der Waals surface area contributed by atoms with Crippen LogP contribution in [0.4, 0.5) is 4.39 Å². The van der Waals surface area contributed by atoms with E-state index < -0.39 is 0 Å². The lowest BCUT2D eigenvalue weighted by Crippen LogP contribution is -2.24. The first-order chi connectivity index (χ1) is 8.65. The zero-order valence-electron chi connectivity index (χ0n) is 10.8. The number of rotatable bonds is 4. The smallest absolute Gasteiger partial charge is 0.146 e. The summed E-state index contributed by atoms with van der Waals surface area (Å²) in [5, 5.41) is 7.36. The van der Waals surface area contributed by atoms with Crippen LogP contribution in [0.25, 0.3) is 0 Å². The van der Waals surface area contributed by atoms with Gasteiger partial charge in [-0.25, -0.2) is 4.39 Å². The minimum absolute atomic E-state index is 0.220. The van der Waals surface area contributed by atoms with E-state index in [1.165, 1.54) is 6.07 Å². The molecule has 2 heterocycles. The molecule has 0 bridgehead atoms. The van der Waals surface area contributed by atoms with Crippen molar-refractivity contribution in [3.8, 4) is 0 Å². The largest absolute Gasteiger partial charge is 0.307 e. The molecule has 0 aromatic carbocycles. The van der Waals surface area contributed by atoms with Gasteiger partial charge in [0.2, 0.25) is 0 Å². The number of hydrogen-bond acceptors (Lipinski definition) is 3. The predicted molar refractivity (Wildman–Crippen MR) is 67.7 cm³/mol. The second kappa shape index (κ2) is 5.27. The molecule has 5 heteroatoms. The van der Waals surface area contributed by atoms with Crippen LogP contribution in [0.1, 0.15) is 37.3 Å². The molecule has 2 rings (SSSR count). The number of aromatic nitrogens is 3. The number of nitrogens with zero attached hydrogens (tertiary/aromatic N) is 3. The molecule has 18 heavy (non-hydrogen) atoms. The molecular formula is C13H17FN4. The number of nitrogens with one attached hydrogen (secondary N) is 1. The SMILES string of the molecule is CNC(c1ncccc1F)c1ccnn1C(C)C. The van der Waals surface area contributed by atoms with Crippen molar-refractivity contribution in [1.29, 1.82) is 0 Å². The van der Waals surface area contributed by atoms with Gasteiger partial charge >= 0.3 is 0 Å². The zero-order valence-corrected chi connectivity index (χ0v) is 10.8. The second-order valence-electron chi connectivity index (χ2n) is 4.39. The normalized spacial score (nSPS) is 12.9. The molecule has 4 nitrogen and oxygen atoms in total. The molecule has 1 unspecified atom stereocenters. The lowest BCUT2D eigenvalue weighted by Gasteiger charge is -2.19. The van der Waals surface area contributed by atoms with Crippen molar-refractivity contribution in [3.05, 3.63) is 47.8 Å². The predicted octanol–water partition coefficient (Wildman–Crippen LogP) is 2.31. The summed E-state index contributed by atoms with van der Waals surface area (Å²) >= 11 is 0. The molecule has 1 atom stereocenters. The molecule has 0 fully saturated rings. The molecule has 2 aromatic rings. The fourth-order valence-corrected chi connectivity index (χ4v) is 2.02. The summed E-state index contributed by atoms with van der Waals surface area (Å²) in [5.74, 6) is -0.312. The van der Waals surface area contributed by atoms with Gasteiger partial charge in [0.1, 0.15) is 5.82 Å². The Bertz CT molecular complexity index is 521. The Morgan fingerprint density at radius 2 is 2.06 bits per heavy atom. The highest BCUT2D eigenvalue weighted by Gasteiger charge is 2.21. The first kappa shape index (κ1) is 12.7. The Labute approximate surface area is 106 Å². The summed E-state index contributed by atoms with van der Waals surface area (Å²) < 4.78 is 15.7. The standard InChI is InChI=1S/C13H17FN4/c1-9(2)18-11(6-8-17-18)13(15-3)12-10(14)5-4-7-16-12/h4-9,13,15H,1-3H3. The van der Waals surface area contributed by atoms with Crippen molar-refractivity contribution in [2.45, 2.75) is 25.9 Å². The number of pyridine rings is 1. The van der Waals surface area contributed by atoms with Crippen LogP contribution in [0.5, 0.6) is 0 Å². The Hall–Kier alpha value is -1.75. The van der Waals surface area contributed by atoms with Crippen LogP contribution in [0.15, 0.2) is 30.6 Å². The summed E-state index contributed by atoms with van der Waals surface area (Å²) in [5.41, 5.74) is 1.30. The van der Waals surface area contributed by atoms with E-state index in [-0.39, 0.29) is 17.9 Å². The van der Waals surface area contributed by atoms with Crippen LogP contribution in [-0.4, -0.2) is 21.8 Å². The van der Waals surface area contributed by atoms with Crippen LogP contribution in [0.2, 0.25) is 0 Å². The molecule has 0 spiro atoms. The van der Waals surface area contributed by atoms with Gasteiger partial charge in [0.25, 0.3) is 0 Å². The molecule has 0 aliphatic rings. The third-order valence-corrected chi connectivity index (χ3v) is 2.83. The Morgan fingerprint density at radius 1 is 1.28 bits per heavy atom. The highest BCUT2D eigenvalue weighted by molar-refractivity contribution is 5.23. The van der Waals surface area contributed by atoms with Crippen molar-refractivity contribution in [2.24, 2.45) is 0 Å². The molecule has 2 aromatic heterocycles. The van der Waals surface area contributed by atoms with E-state index in [1.807, 2.05) is 24.6 Å². The molecule has 0 saturated carbocycles. The molecule has 0 amide bonds. The van der Waals surface area contributed by atoms with Gasteiger partial charge in [-0.1, -0.05) is 0 Å². The van der Waals surface area contributed by atoms with Crippen molar-refractivity contribution >= 4 is 0 Å². The molecule has 0 radical (unpaired) electrons. The highest BCUT2D eigenvalue weighted by atomic mass is 19.1. The molecule has 1 N–H and O–H groups in total. The molecule has 0 aliphatic carbocycles. The van der Waals surface area contributed by atoms with Crippen LogP contribution in [-0.2, 0) is 0 Å². The lowest BCUT2D eigenvalue weighted by atomic mass is 10.1. The quantitative estimate of drug-likeness (QED) is 0.902. The Balaban J connectivity index is 2.46. The van der Waals surface area contributed by atoms with Gasteiger partial charge in [-0.3, -0.25) is 9.67 Å². The van der Waals surface area contributed by atoms with Crippen LogP contribution in [0.3, 0.4) is 0 Å². The Kier molecular flexibility index (Phi) is 3.72. The summed E-state index contributed by atoms with van der Waals surface area (Å²) in [4.78, 5) is 4.13. The van der Waals surface area contributed by atoms with Gasteiger partial charge in [0, 0.05) is 18.4 Å². The van der Waals surface area contributed by atoms with E-state index in [4.69, 9.17) is 0 Å². The summed E-state index contributed by atoms with van der Waals surface area (Å²) in [6, 6.07) is 4.82. The van der Waals surface area contributed by atoms with E-state index in [9.17, 15) is 4.39 Å². The first-order valence-corrected chi connectivity index (χ1v) is 5.96. The molecule has 0 aliphatic heterocycles. The topological polar surface area (TPSA) is 42.7 Å². The second-order valence-corrected chi connectivity index (χ2v) is 4.39. The maximum Gasteiger partial charge on any atom is 0.146 e. The maximum atomic E-state index is 13.8. The van der Waals surface area contributed by atoms with Gasteiger partial charge in [-0.2, -0.15) is 5.10 Å². The van der Waals surface area contributed by atoms with Crippen molar-refractivity contribution in [3.63, 3.8) is 0 Å². The van der Waals surface area contributed by atoms with Gasteiger partial charge in [0.05, 0.1) is 17.4 Å². The fraction of sp³-hybridized carbons (Fsp3) is 0.385. The minimum Gasteiger partial charge on any atom is -0.307 e. The number of hydrogen-bond donors (Lipinski definition) is 1. The Morgan fingerprint density at radius 3 is 2.67 bits per heavy atom. The zero-order chi connectivity index (χ0) is 13.1. The fourth-order valence-electron chi connectivity index (χ4n) is 2.02. The minimum atomic E-state index is -0.312. The average Bonchev–Trinajstić information content (AvgIpc) is 2.82. The van der Waals surface area contributed by atoms with E-state index in [1.54, 1.807) is 25.5 Å². The summed E-state index contributed by atoms with van der Waals surface area (Å²) in [6.07, 6.45) is 3.32. The maximum absolute atomic E-state index is 13.8. The highest BCUT2D eigenvalue weighted by Crippen LogP contribution is 2.23. The van der Waals surface area contributed by atoms with Crippen LogP contribution in [0, 0.1) is 5.82 Å². The van der Waals surface area contributed by atoms with Crippen LogP contribution < -0.4 is 5.32 Å². The van der Waals surface area contributed by atoms with Crippen LogP contribution >= 0.6 is 0 Å². The first-order valence-electron chi connectivity index (χ1n) is 5.96. The van der Waals surface area contributed by atoms with Gasteiger partial charge in [-0.05, 0) is 39.1 Å². The lowest BCUT2D eigenvalue weighted by molar-refractivity contribution is 0.470. The van der Waals surface area contributed by atoms with E-state index >= 15 is 0 Å². The molecule has 0 saturated heterocycles. The van der Waals surface area contributed by atoms with Gasteiger partial charge in [-0.15, -0.1) is 0 Å². The number of halogens is 1. The van der Waals surface area contributed by atoms with E-state index in [2.05, 4.69) is 15.4 Å². The third kappa shape index (κ3) is 2.26.